The summed E-state index contributed by atoms with van der Waals surface area (Å²) in [5.74, 6) is 0.432. The van der Waals surface area contributed by atoms with Crippen LogP contribution in [0.25, 0.3) is 0 Å². The maximum Gasteiger partial charge on any atom is 0.258 e. The molecule has 18 heavy (non-hydrogen) atoms. The molecule has 100 valence electrons. The van der Waals surface area contributed by atoms with E-state index in [0.29, 0.717) is 12.3 Å². The predicted molar refractivity (Wildman–Crippen MR) is 70.1 cm³/mol. The van der Waals surface area contributed by atoms with Gasteiger partial charge in [-0.1, -0.05) is 6.92 Å². The van der Waals surface area contributed by atoms with Crippen LogP contribution in [0.1, 0.15) is 32.9 Å². The minimum Gasteiger partial charge on any atom is -0.482 e. The van der Waals surface area contributed by atoms with Gasteiger partial charge in [-0.05, 0) is 32.4 Å². The van der Waals surface area contributed by atoms with Gasteiger partial charge in [-0.15, -0.1) is 0 Å². The third-order valence-corrected chi connectivity index (χ3v) is 2.74. The summed E-state index contributed by atoms with van der Waals surface area (Å²) in [7, 11) is 0. The Hall–Kier alpha value is -1.62. The van der Waals surface area contributed by atoms with Gasteiger partial charge >= 0.3 is 0 Å². The van der Waals surface area contributed by atoms with E-state index >= 15 is 0 Å². The summed E-state index contributed by atoms with van der Waals surface area (Å²) >= 11 is 0. The van der Waals surface area contributed by atoms with Gasteiger partial charge in [0, 0.05) is 12.1 Å². The standard InChI is InChI=1S/C13H21N3O2/c1-4-13(2,3)16-12(17)9-18-11-6-5-10(7-14)15-8-11/h5-6,8H,4,7,9,14H2,1-3H3,(H,16,17). The van der Waals surface area contributed by atoms with E-state index in [9.17, 15) is 4.79 Å². The summed E-state index contributed by atoms with van der Waals surface area (Å²) in [4.78, 5) is 15.7. The van der Waals surface area contributed by atoms with Crippen molar-refractivity contribution in [1.29, 1.82) is 0 Å². The van der Waals surface area contributed by atoms with Crippen LogP contribution in [0.2, 0.25) is 0 Å². The normalized spacial score (nSPS) is 11.1. The monoisotopic (exact) mass is 251 g/mol. The first-order chi connectivity index (χ1) is 8.46. The van der Waals surface area contributed by atoms with Crippen LogP contribution in [0.4, 0.5) is 0 Å². The Morgan fingerprint density at radius 3 is 2.72 bits per heavy atom. The van der Waals surface area contributed by atoms with Gasteiger partial charge in [0.25, 0.3) is 5.91 Å². The summed E-state index contributed by atoms with van der Waals surface area (Å²) in [5, 5.41) is 2.89. The summed E-state index contributed by atoms with van der Waals surface area (Å²) in [5.41, 5.74) is 6.02. The van der Waals surface area contributed by atoms with Crippen molar-refractivity contribution in [3.05, 3.63) is 24.0 Å². The highest BCUT2D eigenvalue weighted by atomic mass is 16.5. The van der Waals surface area contributed by atoms with E-state index in [1.165, 1.54) is 0 Å². The van der Waals surface area contributed by atoms with Crippen LogP contribution in [0.3, 0.4) is 0 Å². The SMILES string of the molecule is CCC(C)(C)NC(=O)COc1ccc(CN)nc1. The Kier molecular flexibility index (Phi) is 5.09. The average molecular weight is 251 g/mol. The molecule has 0 spiro atoms. The first-order valence-corrected chi connectivity index (χ1v) is 6.05. The highest BCUT2D eigenvalue weighted by Crippen LogP contribution is 2.09. The molecule has 0 saturated heterocycles. The second-order valence-electron chi connectivity index (χ2n) is 4.76. The molecule has 5 heteroatoms. The molecular weight excluding hydrogens is 230 g/mol. The number of hydrogen-bond donors (Lipinski definition) is 2. The number of ether oxygens (including phenoxy) is 1. The zero-order chi connectivity index (χ0) is 13.6. The zero-order valence-electron chi connectivity index (χ0n) is 11.2. The highest BCUT2D eigenvalue weighted by Gasteiger charge is 2.17. The molecule has 5 nitrogen and oxygen atoms in total. The van der Waals surface area contributed by atoms with Crippen LogP contribution in [0, 0.1) is 0 Å². The molecule has 0 atom stereocenters. The van der Waals surface area contributed by atoms with E-state index in [4.69, 9.17) is 10.5 Å². The average Bonchev–Trinajstić information content (AvgIpc) is 2.36. The first kappa shape index (κ1) is 14.4. The molecule has 3 N–H and O–H groups in total. The highest BCUT2D eigenvalue weighted by molar-refractivity contribution is 5.78. The number of nitrogens with two attached hydrogens (primary N) is 1. The minimum absolute atomic E-state index is 0.00686. The van der Waals surface area contributed by atoms with Gasteiger partial charge in [0.1, 0.15) is 5.75 Å². The molecule has 1 amide bonds. The van der Waals surface area contributed by atoms with Crippen LogP contribution in [-0.2, 0) is 11.3 Å². The predicted octanol–water partition coefficient (Wildman–Crippen LogP) is 1.22. The van der Waals surface area contributed by atoms with Gasteiger partial charge in [-0.3, -0.25) is 9.78 Å². The quantitative estimate of drug-likeness (QED) is 0.797. The summed E-state index contributed by atoms with van der Waals surface area (Å²) < 4.78 is 5.34. The second-order valence-corrected chi connectivity index (χ2v) is 4.76. The van der Waals surface area contributed by atoms with Crippen molar-refractivity contribution >= 4 is 5.91 Å². The molecule has 0 unspecified atom stereocenters. The Bertz CT molecular complexity index is 388. The Morgan fingerprint density at radius 2 is 2.22 bits per heavy atom. The van der Waals surface area contributed by atoms with Crippen LogP contribution in [0.5, 0.6) is 5.75 Å². The number of pyridine rings is 1. The Balaban J connectivity index is 2.42. The minimum atomic E-state index is -0.206. The zero-order valence-corrected chi connectivity index (χ0v) is 11.2. The Labute approximate surface area is 108 Å². The number of nitrogens with one attached hydrogen (secondary N) is 1. The van der Waals surface area contributed by atoms with Crippen molar-refractivity contribution in [2.75, 3.05) is 6.61 Å². The van der Waals surface area contributed by atoms with Gasteiger partial charge < -0.3 is 15.8 Å². The molecule has 0 aliphatic rings. The number of carbonyl (C=O) groups excluding carboxylic acids is 1. The molecular formula is C13H21N3O2. The number of nitrogens with zero attached hydrogens (tertiary/aromatic N) is 1. The fraction of sp³-hybridized carbons (Fsp3) is 0.538. The van der Waals surface area contributed by atoms with Gasteiger partial charge in [-0.25, -0.2) is 0 Å². The first-order valence-electron chi connectivity index (χ1n) is 6.05. The lowest BCUT2D eigenvalue weighted by atomic mass is 10.0. The largest absolute Gasteiger partial charge is 0.482 e. The van der Waals surface area contributed by atoms with Crippen molar-refractivity contribution in [2.24, 2.45) is 5.73 Å². The van der Waals surface area contributed by atoms with Crippen molar-refractivity contribution in [3.63, 3.8) is 0 Å². The van der Waals surface area contributed by atoms with E-state index < -0.39 is 0 Å². The number of aromatic nitrogens is 1. The maximum atomic E-state index is 11.6. The van der Waals surface area contributed by atoms with Crippen molar-refractivity contribution in [2.45, 2.75) is 39.3 Å². The number of carbonyl (C=O) groups is 1. The smallest absolute Gasteiger partial charge is 0.258 e. The molecule has 1 rings (SSSR count). The lowest BCUT2D eigenvalue weighted by molar-refractivity contribution is -0.124. The van der Waals surface area contributed by atoms with E-state index in [2.05, 4.69) is 10.3 Å². The van der Waals surface area contributed by atoms with E-state index in [1.807, 2.05) is 20.8 Å². The number of hydrogen-bond acceptors (Lipinski definition) is 4. The van der Waals surface area contributed by atoms with E-state index in [1.54, 1.807) is 18.3 Å². The third-order valence-electron chi connectivity index (χ3n) is 2.74. The molecule has 0 saturated carbocycles. The van der Waals surface area contributed by atoms with E-state index in [-0.39, 0.29) is 18.1 Å². The van der Waals surface area contributed by atoms with E-state index in [0.717, 1.165) is 12.1 Å². The molecule has 1 aromatic rings. The second kappa shape index (κ2) is 6.35. The molecule has 1 heterocycles. The van der Waals surface area contributed by atoms with Crippen LogP contribution in [0.15, 0.2) is 18.3 Å². The van der Waals surface area contributed by atoms with Gasteiger partial charge in [0.05, 0.1) is 11.9 Å². The van der Waals surface area contributed by atoms with Gasteiger partial charge in [-0.2, -0.15) is 0 Å². The summed E-state index contributed by atoms with van der Waals surface area (Å²) in [6.07, 6.45) is 2.44. The van der Waals surface area contributed by atoms with Crippen LogP contribution in [-0.4, -0.2) is 23.0 Å². The van der Waals surface area contributed by atoms with Gasteiger partial charge in [0.2, 0.25) is 0 Å². The summed E-state index contributed by atoms with van der Waals surface area (Å²) in [6, 6.07) is 3.54. The van der Waals surface area contributed by atoms with Crippen molar-refractivity contribution < 1.29 is 9.53 Å². The fourth-order valence-electron chi connectivity index (χ4n) is 1.27. The lowest BCUT2D eigenvalue weighted by Crippen LogP contribution is -2.44. The van der Waals surface area contributed by atoms with Gasteiger partial charge in [0.15, 0.2) is 6.61 Å². The molecule has 0 aliphatic carbocycles. The molecule has 0 radical (unpaired) electrons. The number of rotatable bonds is 6. The van der Waals surface area contributed by atoms with Crippen molar-refractivity contribution in [3.8, 4) is 5.75 Å². The molecule has 1 aromatic heterocycles. The lowest BCUT2D eigenvalue weighted by Gasteiger charge is -2.24. The fourth-order valence-corrected chi connectivity index (χ4v) is 1.27. The van der Waals surface area contributed by atoms with Crippen LogP contribution < -0.4 is 15.8 Å². The molecule has 0 fully saturated rings. The maximum absolute atomic E-state index is 11.6. The molecule has 0 aromatic carbocycles. The number of amides is 1. The molecule has 0 bridgehead atoms. The summed E-state index contributed by atoms with van der Waals surface area (Å²) in [6.45, 7) is 6.36. The third kappa shape index (κ3) is 4.71. The van der Waals surface area contributed by atoms with Crippen LogP contribution >= 0.6 is 0 Å². The molecule has 0 aliphatic heterocycles. The van der Waals surface area contributed by atoms with Crippen molar-refractivity contribution in [1.82, 2.24) is 10.3 Å². The topological polar surface area (TPSA) is 77.2 Å². The Morgan fingerprint density at radius 1 is 1.50 bits per heavy atom.